The first-order valence-electron chi connectivity index (χ1n) is 10.6. The van der Waals surface area contributed by atoms with Crippen LogP contribution >= 0.6 is 0 Å². The Morgan fingerprint density at radius 2 is 1.48 bits per heavy atom. The van der Waals surface area contributed by atoms with E-state index in [9.17, 15) is 19.5 Å². The van der Waals surface area contributed by atoms with Gasteiger partial charge in [-0.15, -0.1) is 0 Å². The number of carboxylic acids is 1. The van der Waals surface area contributed by atoms with Gasteiger partial charge in [0.05, 0.1) is 11.6 Å². The van der Waals surface area contributed by atoms with Crippen LogP contribution in [-0.4, -0.2) is 41.0 Å². The van der Waals surface area contributed by atoms with Gasteiger partial charge in [0, 0.05) is 19.5 Å². The minimum atomic E-state index is -1.07. The third-order valence-electron chi connectivity index (χ3n) is 5.26. The number of carbonyl (C=O) groups is 3. The van der Waals surface area contributed by atoms with Crippen molar-refractivity contribution in [2.45, 2.75) is 25.8 Å². The average molecular weight is 446 g/mol. The molecule has 0 saturated heterocycles. The van der Waals surface area contributed by atoms with Crippen LogP contribution in [0.15, 0.2) is 78.9 Å². The molecule has 0 spiro atoms. The maximum atomic E-state index is 13.6. The standard InChI is InChI=1S/C26H27N3O4/c1-17(26(32)33)28-29(3)25(31)23(20-13-8-5-9-14-20)22-16-10-15-21(24(22)27-18(2)30)19-11-6-4-7-12-19/h4-17,23,28H,1-3H3,(H,27,30)(H,32,33)/t17-,23?/m1/s1. The lowest BCUT2D eigenvalue weighted by atomic mass is 9.86. The second-order valence-electron chi connectivity index (χ2n) is 7.75. The Balaban J connectivity index is 2.17. The number of likely N-dealkylation sites (N-methyl/N-ethyl adjacent to an activating group) is 1. The molecule has 3 N–H and O–H groups in total. The molecule has 2 amide bonds. The zero-order valence-electron chi connectivity index (χ0n) is 18.8. The van der Waals surface area contributed by atoms with Crippen LogP contribution in [0.25, 0.3) is 11.1 Å². The minimum absolute atomic E-state index is 0.259. The van der Waals surface area contributed by atoms with Crippen LogP contribution in [0.3, 0.4) is 0 Å². The number of hydrogen-bond acceptors (Lipinski definition) is 4. The molecule has 33 heavy (non-hydrogen) atoms. The van der Waals surface area contributed by atoms with E-state index in [1.807, 2.05) is 78.9 Å². The van der Waals surface area contributed by atoms with Crippen LogP contribution in [0.4, 0.5) is 5.69 Å². The first kappa shape index (κ1) is 23.7. The molecule has 3 rings (SSSR count). The molecule has 7 nitrogen and oxygen atoms in total. The quantitative estimate of drug-likeness (QED) is 0.457. The molecule has 0 heterocycles. The normalized spacial score (nSPS) is 12.5. The molecule has 3 aromatic rings. The molecular formula is C26H27N3O4. The fourth-order valence-corrected chi connectivity index (χ4v) is 3.69. The summed E-state index contributed by atoms with van der Waals surface area (Å²) in [5.41, 5.74) is 6.25. The number of para-hydroxylation sites is 1. The Labute approximate surface area is 193 Å². The lowest BCUT2D eigenvalue weighted by molar-refractivity contribution is -0.143. The SMILES string of the molecule is CC(=O)Nc1c(-c2ccccc2)cccc1C(C(=O)N(C)N[C@H](C)C(=O)O)c1ccccc1. The summed E-state index contributed by atoms with van der Waals surface area (Å²) in [5, 5.41) is 13.4. The number of carboxylic acid groups (broad SMARTS) is 1. The Morgan fingerprint density at radius 3 is 2.06 bits per heavy atom. The van der Waals surface area contributed by atoms with Crippen molar-refractivity contribution in [2.75, 3.05) is 12.4 Å². The summed E-state index contributed by atoms with van der Waals surface area (Å²) < 4.78 is 0. The number of benzene rings is 3. The third kappa shape index (κ3) is 5.64. The molecule has 0 fully saturated rings. The molecule has 0 saturated carbocycles. The summed E-state index contributed by atoms with van der Waals surface area (Å²) in [6.45, 7) is 2.88. The number of carbonyl (C=O) groups excluding carboxylic acids is 2. The summed E-state index contributed by atoms with van der Waals surface area (Å²) in [6, 6.07) is 23.4. The zero-order chi connectivity index (χ0) is 24.0. The van der Waals surface area contributed by atoms with Crippen molar-refractivity contribution in [3.05, 3.63) is 90.0 Å². The summed E-state index contributed by atoms with van der Waals surface area (Å²) in [4.78, 5) is 37.1. The van der Waals surface area contributed by atoms with Gasteiger partial charge in [0.2, 0.25) is 11.8 Å². The summed E-state index contributed by atoms with van der Waals surface area (Å²) in [5.74, 6) is -2.47. The molecule has 3 aromatic carbocycles. The molecule has 0 aliphatic rings. The smallest absolute Gasteiger partial charge is 0.322 e. The number of hydrazine groups is 1. The zero-order valence-corrected chi connectivity index (χ0v) is 18.8. The highest BCUT2D eigenvalue weighted by Crippen LogP contribution is 2.38. The van der Waals surface area contributed by atoms with Gasteiger partial charge in [-0.1, -0.05) is 78.9 Å². The van der Waals surface area contributed by atoms with Crippen LogP contribution in [0.2, 0.25) is 0 Å². The Hall–Kier alpha value is -3.97. The van der Waals surface area contributed by atoms with Gasteiger partial charge >= 0.3 is 5.97 Å². The third-order valence-corrected chi connectivity index (χ3v) is 5.26. The van der Waals surface area contributed by atoms with Gasteiger partial charge < -0.3 is 10.4 Å². The van der Waals surface area contributed by atoms with E-state index in [2.05, 4.69) is 10.7 Å². The van der Waals surface area contributed by atoms with Crippen molar-refractivity contribution in [1.29, 1.82) is 0 Å². The lowest BCUT2D eigenvalue weighted by Gasteiger charge is -2.28. The van der Waals surface area contributed by atoms with Crippen LogP contribution < -0.4 is 10.7 Å². The number of amides is 2. The minimum Gasteiger partial charge on any atom is -0.480 e. The monoisotopic (exact) mass is 445 g/mol. The molecule has 0 bridgehead atoms. The van der Waals surface area contributed by atoms with Gasteiger partial charge in [-0.25, -0.2) is 5.43 Å². The van der Waals surface area contributed by atoms with Crippen LogP contribution in [0.5, 0.6) is 0 Å². The van der Waals surface area contributed by atoms with Crippen LogP contribution in [0.1, 0.15) is 30.9 Å². The molecule has 1 unspecified atom stereocenters. The van der Waals surface area contributed by atoms with E-state index in [-0.39, 0.29) is 11.8 Å². The van der Waals surface area contributed by atoms with Crippen molar-refractivity contribution in [3.63, 3.8) is 0 Å². The molecule has 2 atom stereocenters. The van der Waals surface area contributed by atoms with Gasteiger partial charge in [-0.05, 0) is 23.6 Å². The van der Waals surface area contributed by atoms with E-state index in [1.54, 1.807) is 0 Å². The fraction of sp³-hybridized carbons (Fsp3) is 0.192. The second kappa shape index (κ2) is 10.6. The number of anilines is 1. The fourth-order valence-electron chi connectivity index (χ4n) is 3.69. The summed E-state index contributed by atoms with van der Waals surface area (Å²) >= 11 is 0. The predicted molar refractivity (Wildman–Crippen MR) is 127 cm³/mol. The highest BCUT2D eigenvalue weighted by Gasteiger charge is 2.30. The van der Waals surface area contributed by atoms with E-state index in [0.717, 1.165) is 16.7 Å². The van der Waals surface area contributed by atoms with E-state index in [4.69, 9.17) is 0 Å². The Morgan fingerprint density at radius 1 is 0.879 bits per heavy atom. The van der Waals surface area contributed by atoms with Gasteiger partial charge in [0.15, 0.2) is 0 Å². The maximum absolute atomic E-state index is 13.6. The van der Waals surface area contributed by atoms with Crippen LogP contribution in [-0.2, 0) is 14.4 Å². The summed E-state index contributed by atoms with van der Waals surface area (Å²) in [6.07, 6.45) is 0. The molecule has 170 valence electrons. The molecular weight excluding hydrogens is 418 g/mol. The molecule has 0 aliphatic carbocycles. The number of nitrogens with one attached hydrogen (secondary N) is 2. The van der Waals surface area contributed by atoms with Crippen LogP contribution in [0, 0.1) is 0 Å². The van der Waals surface area contributed by atoms with Gasteiger partial charge in [0.25, 0.3) is 0 Å². The largest absolute Gasteiger partial charge is 0.480 e. The first-order valence-corrected chi connectivity index (χ1v) is 10.6. The van der Waals surface area contributed by atoms with Crippen molar-refractivity contribution in [1.82, 2.24) is 10.4 Å². The van der Waals surface area contributed by atoms with Crippen molar-refractivity contribution < 1.29 is 19.5 Å². The van der Waals surface area contributed by atoms with E-state index in [1.165, 1.54) is 25.9 Å². The number of aliphatic carboxylic acids is 1. The molecule has 7 heteroatoms. The molecule has 0 radical (unpaired) electrons. The van der Waals surface area contributed by atoms with Crippen molar-refractivity contribution in [2.24, 2.45) is 0 Å². The van der Waals surface area contributed by atoms with Crippen molar-refractivity contribution in [3.8, 4) is 11.1 Å². The number of nitrogens with zero attached hydrogens (tertiary/aromatic N) is 1. The lowest BCUT2D eigenvalue weighted by Crippen LogP contribution is -2.49. The second-order valence-corrected chi connectivity index (χ2v) is 7.75. The van der Waals surface area contributed by atoms with E-state index in [0.29, 0.717) is 11.3 Å². The van der Waals surface area contributed by atoms with E-state index < -0.39 is 17.9 Å². The summed E-state index contributed by atoms with van der Waals surface area (Å²) in [7, 11) is 1.50. The Bertz CT molecular complexity index is 1130. The predicted octanol–water partition coefficient (Wildman–Crippen LogP) is 3.88. The highest BCUT2D eigenvalue weighted by molar-refractivity contribution is 5.98. The highest BCUT2D eigenvalue weighted by atomic mass is 16.4. The molecule has 0 aromatic heterocycles. The van der Waals surface area contributed by atoms with E-state index >= 15 is 0 Å². The topological polar surface area (TPSA) is 98.7 Å². The van der Waals surface area contributed by atoms with Gasteiger partial charge in [0.1, 0.15) is 6.04 Å². The van der Waals surface area contributed by atoms with Crippen molar-refractivity contribution >= 4 is 23.5 Å². The first-order chi connectivity index (χ1) is 15.8. The molecule has 0 aliphatic heterocycles. The maximum Gasteiger partial charge on any atom is 0.322 e. The number of hydrogen-bond donors (Lipinski definition) is 3. The van der Waals surface area contributed by atoms with Gasteiger partial charge in [-0.3, -0.25) is 19.4 Å². The van der Waals surface area contributed by atoms with Gasteiger partial charge in [-0.2, -0.15) is 0 Å². The number of rotatable bonds is 8. The average Bonchev–Trinajstić information content (AvgIpc) is 2.81. The Kier molecular flexibility index (Phi) is 7.58.